The van der Waals surface area contributed by atoms with E-state index in [0.29, 0.717) is 19.0 Å². The van der Waals surface area contributed by atoms with Crippen molar-refractivity contribution in [2.45, 2.75) is 39.7 Å². The first kappa shape index (κ1) is 15.3. The topological polar surface area (TPSA) is 49.4 Å². The number of hydrogen-bond donors (Lipinski definition) is 1. The van der Waals surface area contributed by atoms with Crippen molar-refractivity contribution in [3.8, 4) is 0 Å². The van der Waals surface area contributed by atoms with Crippen molar-refractivity contribution in [2.24, 2.45) is 0 Å². The number of benzene rings is 1. The highest BCUT2D eigenvalue weighted by Crippen LogP contribution is 2.32. The first-order chi connectivity index (χ1) is 9.49. The van der Waals surface area contributed by atoms with Gasteiger partial charge in [-0.15, -0.1) is 0 Å². The predicted molar refractivity (Wildman–Crippen MR) is 83.7 cm³/mol. The average Bonchev–Trinajstić information content (AvgIpc) is 2.82. The summed E-state index contributed by atoms with van der Waals surface area (Å²) in [6, 6.07) is 6.43. The molecule has 2 rings (SSSR count). The quantitative estimate of drug-likeness (QED) is 0.877. The third-order valence-corrected chi connectivity index (χ3v) is 5.74. The number of fused-ring (bicyclic) bond motifs is 1. The standard InChI is InChI=1S/C15H24N2O2S/c1-4-10-20(18,19)17-9-8-14-11-13(6-7-15(14)17)12(3)16-5-2/h6-7,11-12,16H,4-5,8-10H2,1-3H3. The highest BCUT2D eigenvalue weighted by Gasteiger charge is 2.28. The van der Waals surface area contributed by atoms with Gasteiger partial charge in [0.25, 0.3) is 0 Å². The van der Waals surface area contributed by atoms with Crippen molar-refractivity contribution in [3.05, 3.63) is 29.3 Å². The number of nitrogens with zero attached hydrogens (tertiary/aromatic N) is 1. The number of sulfonamides is 1. The Hall–Kier alpha value is -1.07. The molecular weight excluding hydrogens is 272 g/mol. The fraction of sp³-hybridized carbons (Fsp3) is 0.600. The normalized spacial score (nSPS) is 16.2. The molecule has 0 aliphatic carbocycles. The molecule has 0 saturated heterocycles. The zero-order chi connectivity index (χ0) is 14.8. The van der Waals surface area contributed by atoms with Crippen LogP contribution >= 0.6 is 0 Å². The summed E-state index contributed by atoms with van der Waals surface area (Å²) in [6.45, 7) is 7.62. The molecule has 0 aromatic heterocycles. The van der Waals surface area contributed by atoms with Gasteiger partial charge in [0.2, 0.25) is 10.0 Å². The maximum atomic E-state index is 12.2. The SMILES string of the molecule is CCCS(=O)(=O)N1CCc2cc(C(C)NCC)ccc21. The van der Waals surface area contributed by atoms with Gasteiger partial charge in [0.05, 0.1) is 11.4 Å². The van der Waals surface area contributed by atoms with E-state index in [9.17, 15) is 8.42 Å². The minimum atomic E-state index is -3.15. The van der Waals surface area contributed by atoms with Crippen LogP contribution in [0, 0.1) is 0 Å². The molecule has 0 amide bonds. The molecule has 1 aliphatic rings. The second-order valence-electron chi connectivity index (χ2n) is 5.31. The van der Waals surface area contributed by atoms with Crippen LogP contribution in [-0.4, -0.2) is 27.3 Å². The average molecular weight is 296 g/mol. The van der Waals surface area contributed by atoms with Crippen LogP contribution in [-0.2, 0) is 16.4 Å². The summed E-state index contributed by atoms with van der Waals surface area (Å²) in [5.74, 6) is 0.224. The monoisotopic (exact) mass is 296 g/mol. The number of rotatable bonds is 6. The van der Waals surface area contributed by atoms with E-state index in [1.54, 1.807) is 4.31 Å². The summed E-state index contributed by atoms with van der Waals surface area (Å²) in [5, 5.41) is 3.38. The third kappa shape index (κ3) is 2.99. The van der Waals surface area contributed by atoms with Crippen LogP contribution in [0.1, 0.15) is 44.4 Å². The molecule has 1 N–H and O–H groups in total. The second-order valence-corrected chi connectivity index (χ2v) is 7.32. The molecule has 1 unspecified atom stereocenters. The van der Waals surface area contributed by atoms with Crippen LogP contribution in [0.15, 0.2) is 18.2 Å². The molecular formula is C15H24N2O2S. The van der Waals surface area contributed by atoms with Crippen molar-refractivity contribution in [3.63, 3.8) is 0 Å². The van der Waals surface area contributed by atoms with Gasteiger partial charge < -0.3 is 5.32 Å². The van der Waals surface area contributed by atoms with Crippen molar-refractivity contribution >= 4 is 15.7 Å². The molecule has 5 heteroatoms. The molecule has 0 saturated carbocycles. The Bertz CT molecular complexity index is 569. The Morgan fingerprint density at radius 3 is 2.75 bits per heavy atom. The van der Waals surface area contributed by atoms with Gasteiger partial charge in [-0.2, -0.15) is 0 Å². The van der Waals surface area contributed by atoms with Gasteiger partial charge in [-0.05, 0) is 43.5 Å². The van der Waals surface area contributed by atoms with E-state index in [4.69, 9.17) is 0 Å². The molecule has 0 spiro atoms. The first-order valence-corrected chi connectivity index (χ1v) is 8.97. The van der Waals surface area contributed by atoms with E-state index in [0.717, 1.165) is 24.2 Å². The van der Waals surface area contributed by atoms with Gasteiger partial charge in [-0.3, -0.25) is 4.31 Å². The molecule has 1 aromatic carbocycles. The molecule has 1 aromatic rings. The van der Waals surface area contributed by atoms with Crippen molar-refractivity contribution in [1.29, 1.82) is 0 Å². The van der Waals surface area contributed by atoms with Crippen LogP contribution in [0.3, 0.4) is 0 Å². The van der Waals surface area contributed by atoms with E-state index in [1.165, 1.54) is 5.56 Å². The van der Waals surface area contributed by atoms with Crippen molar-refractivity contribution in [2.75, 3.05) is 23.1 Å². The van der Waals surface area contributed by atoms with Crippen LogP contribution in [0.2, 0.25) is 0 Å². The summed E-state index contributed by atoms with van der Waals surface area (Å²) in [6.07, 6.45) is 1.47. The third-order valence-electron chi connectivity index (χ3n) is 3.76. The van der Waals surface area contributed by atoms with Crippen LogP contribution in [0.5, 0.6) is 0 Å². The highest BCUT2D eigenvalue weighted by molar-refractivity contribution is 7.92. The van der Waals surface area contributed by atoms with Crippen molar-refractivity contribution in [1.82, 2.24) is 5.32 Å². The second kappa shape index (κ2) is 6.14. The Kier molecular flexibility index (Phi) is 4.70. The maximum absolute atomic E-state index is 12.2. The fourth-order valence-electron chi connectivity index (χ4n) is 2.74. The molecule has 1 atom stereocenters. The van der Waals surface area contributed by atoms with Crippen LogP contribution in [0.25, 0.3) is 0 Å². The minimum absolute atomic E-state index is 0.224. The summed E-state index contributed by atoms with van der Waals surface area (Å²) in [4.78, 5) is 0. The van der Waals surface area contributed by atoms with E-state index in [2.05, 4.69) is 25.2 Å². The van der Waals surface area contributed by atoms with E-state index in [-0.39, 0.29) is 5.75 Å². The Morgan fingerprint density at radius 2 is 2.10 bits per heavy atom. The Labute approximate surface area is 122 Å². The van der Waals surface area contributed by atoms with Gasteiger partial charge >= 0.3 is 0 Å². The zero-order valence-electron chi connectivity index (χ0n) is 12.5. The van der Waals surface area contributed by atoms with E-state index < -0.39 is 10.0 Å². The van der Waals surface area contributed by atoms with E-state index in [1.807, 2.05) is 19.1 Å². The largest absolute Gasteiger partial charge is 0.310 e. The molecule has 1 aliphatic heterocycles. The molecule has 0 fully saturated rings. The molecule has 112 valence electrons. The molecule has 1 heterocycles. The fourth-order valence-corrected chi connectivity index (χ4v) is 4.33. The van der Waals surface area contributed by atoms with Crippen LogP contribution in [0.4, 0.5) is 5.69 Å². The maximum Gasteiger partial charge on any atom is 0.235 e. The predicted octanol–water partition coefficient (Wildman–Crippen LogP) is 2.46. The molecule has 20 heavy (non-hydrogen) atoms. The van der Waals surface area contributed by atoms with Gasteiger partial charge in [-0.25, -0.2) is 8.42 Å². The van der Waals surface area contributed by atoms with Crippen LogP contribution < -0.4 is 9.62 Å². The zero-order valence-corrected chi connectivity index (χ0v) is 13.3. The highest BCUT2D eigenvalue weighted by atomic mass is 32.2. The van der Waals surface area contributed by atoms with Crippen molar-refractivity contribution < 1.29 is 8.42 Å². The van der Waals surface area contributed by atoms with E-state index >= 15 is 0 Å². The number of anilines is 1. The number of hydrogen-bond acceptors (Lipinski definition) is 3. The lowest BCUT2D eigenvalue weighted by Gasteiger charge is -2.20. The summed E-state index contributed by atoms with van der Waals surface area (Å²) < 4.78 is 26.0. The minimum Gasteiger partial charge on any atom is -0.310 e. The summed E-state index contributed by atoms with van der Waals surface area (Å²) >= 11 is 0. The summed E-state index contributed by atoms with van der Waals surface area (Å²) in [7, 11) is -3.15. The number of nitrogens with one attached hydrogen (secondary N) is 1. The Morgan fingerprint density at radius 1 is 1.35 bits per heavy atom. The lowest BCUT2D eigenvalue weighted by Crippen LogP contribution is -2.31. The first-order valence-electron chi connectivity index (χ1n) is 7.36. The van der Waals surface area contributed by atoms with Gasteiger partial charge in [-0.1, -0.05) is 26.0 Å². The Balaban J connectivity index is 2.27. The molecule has 0 bridgehead atoms. The van der Waals surface area contributed by atoms with Gasteiger partial charge in [0.15, 0.2) is 0 Å². The summed E-state index contributed by atoms with van der Waals surface area (Å²) in [5.41, 5.74) is 3.23. The lowest BCUT2D eigenvalue weighted by atomic mass is 10.0. The van der Waals surface area contributed by atoms with Gasteiger partial charge in [0, 0.05) is 12.6 Å². The molecule has 0 radical (unpaired) electrons. The lowest BCUT2D eigenvalue weighted by molar-refractivity contribution is 0.591. The molecule has 4 nitrogen and oxygen atoms in total. The van der Waals surface area contributed by atoms with Gasteiger partial charge in [0.1, 0.15) is 0 Å². The smallest absolute Gasteiger partial charge is 0.235 e.